The summed E-state index contributed by atoms with van der Waals surface area (Å²) in [4.78, 5) is 1.35. The third-order valence-electron chi connectivity index (χ3n) is 6.17. The van der Waals surface area contributed by atoms with E-state index in [-0.39, 0.29) is 16.0 Å². The summed E-state index contributed by atoms with van der Waals surface area (Å²) >= 11 is 2.01. The van der Waals surface area contributed by atoms with E-state index < -0.39 is 0 Å². The van der Waals surface area contributed by atoms with Gasteiger partial charge in [0.25, 0.3) is 0 Å². The second kappa shape index (κ2) is 6.05. The number of anilines is 1. The maximum atomic E-state index is 13.8. The lowest BCUT2D eigenvalue weighted by atomic mass is 9.61. The molecule has 1 heterocycles. The Hall–Kier alpha value is -1.48. The van der Waals surface area contributed by atoms with Gasteiger partial charge in [0.05, 0.1) is 0 Å². The van der Waals surface area contributed by atoms with Crippen LogP contribution >= 0.6 is 11.8 Å². The molecule has 0 aromatic heterocycles. The van der Waals surface area contributed by atoms with Crippen molar-refractivity contribution in [1.29, 1.82) is 0 Å². The Balaban J connectivity index is 1.61. The first-order valence-electron chi connectivity index (χ1n) is 9.18. The minimum atomic E-state index is -0.132. The van der Waals surface area contributed by atoms with Gasteiger partial charge in [-0.15, -0.1) is 11.8 Å². The third kappa shape index (κ3) is 3.08. The van der Waals surface area contributed by atoms with Gasteiger partial charge < -0.3 is 5.32 Å². The van der Waals surface area contributed by atoms with E-state index in [1.165, 1.54) is 17.7 Å². The SMILES string of the molecule is CC1(C)c2cc(F)ccc2N[C@H]2C[C@@](C)(Sc3ccccc3)CC[C@H]21. The molecule has 1 saturated carbocycles. The number of halogens is 1. The maximum Gasteiger partial charge on any atom is 0.123 e. The predicted molar refractivity (Wildman–Crippen MR) is 105 cm³/mol. The molecule has 25 heavy (non-hydrogen) atoms. The molecular formula is C22H26FNS. The summed E-state index contributed by atoms with van der Waals surface area (Å²) in [6, 6.07) is 16.4. The van der Waals surface area contributed by atoms with Gasteiger partial charge in [0.15, 0.2) is 0 Å². The normalized spacial score (nSPS) is 30.1. The Kier molecular flexibility index (Phi) is 4.10. The van der Waals surface area contributed by atoms with Crippen molar-refractivity contribution in [2.45, 2.75) is 61.1 Å². The molecule has 2 aliphatic rings. The zero-order valence-electron chi connectivity index (χ0n) is 15.2. The molecule has 0 bridgehead atoms. The smallest absolute Gasteiger partial charge is 0.123 e. The first-order valence-corrected chi connectivity index (χ1v) is 10.00. The van der Waals surface area contributed by atoms with Crippen molar-refractivity contribution in [2.75, 3.05) is 5.32 Å². The van der Waals surface area contributed by atoms with Gasteiger partial charge >= 0.3 is 0 Å². The number of benzene rings is 2. The van der Waals surface area contributed by atoms with Gasteiger partial charge in [-0.2, -0.15) is 0 Å². The second-order valence-corrected chi connectivity index (χ2v) is 10.0. The van der Waals surface area contributed by atoms with Crippen molar-refractivity contribution in [3.05, 3.63) is 59.9 Å². The van der Waals surface area contributed by atoms with E-state index >= 15 is 0 Å². The minimum absolute atomic E-state index is 0.00605. The summed E-state index contributed by atoms with van der Waals surface area (Å²) < 4.78 is 14.0. The monoisotopic (exact) mass is 355 g/mol. The van der Waals surface area contributed by atoms with E-state index in [1.807, 2.05) is 17.8 Å². The number of hydrogen-bond acceptors (Lipinski definition) is 2. The molecule has 132 valence electrons. The molecule has 3 atom stereocenters. The van der Waals surface area contributed by atoms with Crippen LogP contribution in [0.5, 0.6) is 0 Å². The summed E-state index contributed by atoms with van der Waals surface area (Å²) in [5, 5.41) is 3.74. The topological polar surface area (TPSA) is 12.0 Å². The number of fused-ring (bicyclic) bond motifs is 2. The summed E-state index contributed by atoms with van der Waals surface area (Å²) in [7, 11) is 0. The lowest BCUT2D eigenvalue weighted by Gasteiger charge is -2.52. The molecule has 0 saturated heterocycles. The minimum Gasteiger partial charge on any atom is -0.382 e. The van der Waals surface area contributed by atoms with Gasteiger partial charge in [0, 0.05) is 21.4 Å². The van der Waals surface area contributed by atoms with Crippen LogP contribution in [0, 0.1) is 11.7 Å². The van der Waals surface area contributed by atoms with Crippen molar-refractivity contribution in [3.8, 4) is 0 Å². The zero-order chi connectivity index (χ0) is 17.7. The Morgan fingerprint density at radius 3 is 2.60 bits per heavy atom. The van der Waals surface area contributed by atoms with Crippen LogP contribution in [0.25, 0.3) is 0 Å². The molecule has 1 aliphatic heterocycles. The summed E-state index contributed by atoms with van der Waals surface area (Å²) in [6.45, 7) is 6.98. The molecule has 0 spiro atoms. The predicted octanol–water partition coefficient (Wildman–Crippen LogP) is 6.25. The van der Waals surface area contributed by atoms with Gasteiger partial charge in [-0.25, -0.2) is 4.39 Å². The molecule has 2 aromatic rings. The average Bonchev–Trinajstić information content (AvgIpc) is 2.56. The third-order valence-corrected chi connectivity index (χ3v) is 7.54. The number of hydrogen-bond donors (Lipinski definition) is 1. The van der Waals surface area contributed by atoms with Crippen LogP contribution < -0.4 is 5.32 Å². The van der Waals surface area contributed by atoms with Crippen LogP contribution in [0.2, 0.25) is 0 Å². The van der Waals surface area contributed by atoms with Crippen LogP contribution in [0.15, 0.2) is 53.4 Å². The zero-order valence-corrected chi connectivity index (χ0v) is 16.0. The van der Waals surface area contributed by atoms with Gasteiger partial charge in [-0.1, -0.05) is 39.0 Å². The average molecular weight is 356 g/mol. The molecule has 0 radical (unpaired) electrons. The van der Waals surface area contributed by atoms with Crippen molar-refractivity contribution in [1.82, 2.24) is 0 Å². The molecule has 1 nitrogen and oxygen atoms in total. The number of nitrogens with one attached hydrogen (secondary N) is 1. The Bertz CT molecular complexity index is 773. The van der Waals surface area contributed by atoms with E-state index in [9.17, 15) is 4.39 Å². The molecule has 4 rings (SSSR count). The standard InChI is InChI=1S/C22H26FNS/c1-21(2)17-11-12-22(3,25-16-7-5-4-6-8-16)14-20(17)24-19-10-9-15(23)13-18(19)21/h4-10,13,17,20,24H,11-12,14H2,1-3H3/t17-,20+,22+/m1/s1. The molecule has 1 fully saturated rings. The van der Waals surface area contributed by atoms with Crippen molar-refractivity contribution >= 4 is 17.4 Å². The highest BCUT2D eigenvalue weighted by Crippen LogP contribution is 2.53. The molecule has 1 N–H and O–H groups in total. The van der Waals surface area contributed by atoms with Crippen molar-refractivity contribution < 1.29 is 4.39 Å². The summed E-state index contributed by atoms with van der Waals surface area (Å²) in [5.41, 5.74) is 2.25. The van der Waals surface area contributed by atoms with Crippen LogP contribution in [0.4, 0.5) is 10.1 Å². The lowest BCUT2D eigenvalue weighted by molar-refractivity contribution is 0.185. The van der Waals surface area contributed by atoms with Gasteiger partial charge in [0.2, 0.25) is 0 Å². The fourth-order valence-electron chi connectivity index (χ4n) is 4.83. The maximum absolute atomic E-state index is 13.8. The van der Waals surface area contributed by atoms with Crippen LogP contribution in [-0.2, 0) is 5.41 Å². The quantitative estimate of drug-likeness (QED) is 0.683. The summed E-state index contributed by atoms with van der Waals surface area (Å²) in [6.07, 6.45) is 3.51. The van der Waals surface area contributed by atoms with E-state index in [4.69, 9.17) is 0 Å². The molecule has 3 heteroatoms. The largest absolute Gasteiger partial charge is 0.382 e. The number of rotatable bonds is 2. The fraction of sp³-hybridized carbons (Fsp3) is 0.455. The Morgan fingerprint density at radius 2 is 1.84 bits per heavy atom. The van der Waals surface area contributed by atoms with Crippen molar-refractivity contribution in [3.63, 3.8) is 0 Å². The molecule has 1 aliphatic carbocycles. The van der Waals surface area contributed by atoms with Gasteiger partial charge in [-0.3, -0.25) is 0 Å². The van der Waals surface area contributed by atoms with Gasteiger partial charge in [-0.05, 0) is 66.5 Å². The lowest BCUT2D eigenvalue weighted by Crippen LogP contribution is -2.52. The second-order valence-electron chi connectivity index (χ2n) is 8.38. The van der Waals surface area contributed by atoms with E-state index in [0.717, 1.165) is 17.7 Å². The van der Waals surface area contributed by atoms with Crippen LogP contribution in [-0.4, -0.2) is 10.8 Å². The summed E-state index contributed by atoms with van der Waals surface area (Å²) in [5.74, 6) is 0.415. The molecule has 0 unspecified atom stereocenters. The first-order chi connectivity index (χ1) is 11.9. The van der Waals surface area contributed by atoms with E-state index in [1.54, 1.807) is 12.1 Å². The van der Waals surface area contributed by atoms with E-state index in [2.05, 4.69) is 56.4 Å². The Labute approximate surface area is 154 Å². The first kappa shape index (κ1) is 17.0. The highest BCUT2D eigenvalue weighted by atomic mass is 32.2. The highest BCUT2D eigenvalue weighted by Gasteiger charge is 2.48. The van der Waals surface area contributed by atoms with Gasteiger partial charge in [0.1, 0.15) is 5.82 Å². The van der Waals surface area contributed by atoms with Crippen LogP contribution in [0.3, 0.4) is 0 Å². The van der Waals surface area contributed by atoms with Crippen molar-refractivity contribution in [2.24, 2.45) is 5.92 Å². The van der Waals surface area contributed by atoms with Crippen LogP contribution in [0.1, 0.15) is 45.6 Å². The highest BCUT2D eigenvalue weighted by molar-refractivity contribution is 8.00. The fourth-order valence-corrected chi connectivity index (χ4v) is 6.17. The van der Waals surface area contributed by atoms with E-state index in [0.29, 0.717) is 12.0 Å². The molecule has 2 aromatic carbocycles. The molecular weight excluding hydrogens is 329 g/mol. The molecule has 0 amide bonds. The number of thioether (sulfide) groups is 1. The Morgan fingerprint density at radius 1 is 1.08 bits per heavy atom.